The van der Waals surface area contributed by atoms with Gasteiger partial charge in [-0.05, 0) is 12.3 Å². The smallest absolute Gasteiger partial charge is 0.223 e. The van der Waals surface area contributed by atoms with Gasteiger partial charge in [-0.1, -0.05) is 13.8 Å². The lowest BCUT2D eigenvalue weighted by Crippen LogP contribution is -2.36. The van der Waals surface area contributed by atoms with Crippen LogP contribution in [-0.4, -0.2) is 22.0 Å². The highest BCUT2D eigenvalue weighted by Gasteiger charge is 2.24. The van der Waals surface area contributed by atoms with E-state index in [-0.39, 0.29) is 11.8 Å². The van der Waals surface area contributed by atoms with Gasteiger partial charge in [-0.25, -0.2) is 4.98 Å². The van der Waals surface area contributed by atoms with E-state index in [4.69, 9.17) is 0 Å². The van der Waals surface area contributed by atoms with Crippen LogP contribution in [-0.2, 0) is 17.8 Å². The summed E-state index contributed by atoms with van der Waals surface area (Å²) in [6, 6.07) is 0. The number of nitrogens with one attached hydrogen (secondary N) is 1. The molecule has 0 saturated carbocycles. The molecule has 4 heteroatoms. The Morgan fingerprint density at radius 1 is 1.69 bits per heavy atom. The fourth-order valence-electron chi connectivity index (χ4n) is 2.04. The molecule has 1 aliphatic rings. The molecule has 0 radical (unpaired) electrons. The number of aromatic nitrogens is 2. The maximum absolute atomic E-state index is 11.9. The van der Waals surface area contributed by atoms with Crippen molar-refractivity contribution < 1.29 is 4.79 Å². The molecule has 88 valence electrons. The molecule has 1 N–H and O–H groups in total. The Labute approximate surface area is 96.1 Å². The number of aryl methyl sites for hydroxylation is 1. The number of amides is 1. The van der Waals surface area contributed by atoms with Crippen LogP contribution in [0.4, 0.5) is 0 Å². The highest BCUT2D eigenvalue weighted by atomic mass is 16.1. The van der Waals surface area contributed by atoms with Crippen LogP contribution in [0, 0.1) is 11.8 Å². The summed E-state index contributed by atoms with van der Waals surface area (Å²) in [7, 11) is 0. The highest BCUT2D eigenvalue weighted by molar-refractivity contribution is 5.79. The molecule has 1 atom stereocenters. The molecule has 1 amide bonds. The largest absolute Gasteiger partial charge is 0.356 e. The van der Waals surface area contributed by atoms with Gasteiger partial charge in [0.15, 0.2) is 0 Å². The molecule has 16 heavy (non-hydrogen) atoms. The summed E-state index contributed by atoms with van der Waals surface area (Å²) in [5, 5.41) is 3.01. The first-order valence-electron chi connectivity index (χ1n) is 5.93. The quantitative estimate of drug-likeness (QED) is 0.834. The first-order valence-corrected chi connectivity index (χ1v) is 5.93. The van der Waals surface area contributed by atoms with Crippen LogP contribution in [0.2, 0.25) is 0 Å². The minimum absolute atomic E-state index is 0.128. The molecule has 2 rings (SSSR count). The van der Waals surface area contributed by atoms with Crippen molar-refractivity contribution >= 4 is 5.91 Å². The van der Waals surface area contributed by atoms with Crippen LogP contribution < -0.4 is 5.32 Å². The Bertz CT molecular complexity index is 370. The van der Waals surface area contributed by atoms with E-state index in [9.17, 15) is 4.79 Å². The second kappa shape index (κ2) is 4.68. The Hall–Kier alpha value is -1.32. The number of imidazole rings is 1. The van der Waals surface area contributed by atoms with Crippen molar-refractivity contribution in [3.05, 3.63) is 18.2 Å². The second-order valence-electron chi connectivity index (χ2n) is 4.91. The number of fused-ring (bicyclic) bond motifs is 1. The van der Waals surface area contributed by atoms with Crippen LogP contribution in [0.15, 0.2) is 12.5 Å². The van der Waals surface area contributed by atoms with E-state index in [1.807, 2.05) is 12.5 Å². The van der Waals surface area contributed by atoms with Crippen LogP contribution in [0.25, 0.3) is 0 Å². The minimum Gasteiger partial charge on any atom is -0.356 e. The topological polar surface area (TPSA) is 46.9 Å². The van der Waals surface area contributed by atoms with Gasteiger partial charge >= 0.3 is 0 Å². The predicted octanol–water partition coefficient (Wildman–Crippen LogP) is 1.22. The van der Waals surface area contributed by atoms with Crippen LogP contribution in [0.3, 0.4) is 0 Å². The summed E-state index contributed by atoms with van der Waals surface area (Å²) in [4.78, 5) is 16.0. The summed E-state index contributed by atoms with van der Waals surface area (Å²) in [5.41, 5.74) is 1.18. The molecule has 0 bridgehead atoms. The average molecular weight is 221 g/mol. The minimum atomic E-state index is 0.128. The Kier molecular flexibility index (Phi) is 3.27. The zero-order valence-corrected chi connectivity index (χ0v) is 9.94. The van der Waals surface area contributed by atoms with E-state index >= 15 is 0 Å². The molecule has 0 saturated heterocycles. The predicted molar refractivity (Wildman–Crippen MR) is 61.9 cm³/mol. The summed E-state index contributed by atoms with van der Waals surface area (Å²) < 4.78 is 2.13. The SMILES string of the molecule is CC(C)CNC(=O)C1CCn2cncc2C1. The molecule has 1 unspecified atom stereocenters. The first kappa shape index (κ1) is 11.2. The lowest BCUT2D eigenvalue weighted by Gasteiger charge is -2.23. The van der Waals surface area contributed by atoms with Crippen molar-refractivity contribution in [1.29, 1.82) is 0 Å². The maximum Gasteiger partial charge on any atom is 0.223 e. The van der Waals surface area contributed by atoms with Crippen molar-refractivity contribution in [3.63, 3.8) is 0 Å². The lowest BCUT2D eigenvalue weighted by molar-refractivity contribution is -0.125. The maximum atomic E-state index is 11.9. The second-order valence-corrected chi connectivity index (χ2v) is 4.91. The molecular weight excluding hydrogens is 202 g/mol. The van der Waals surface area contributed by atoms with Gasteiger partial charge in [0, 0.05) is 37.3 Å². The van der Waals surface area contributed by atoms with E-state index in [0.717, 1.165) is 25.9 Å². The zero-order valence-electron chi connectivity index (χ0n) is 9.94. The first-order chi connectivity index (χ1) is 7.66. The van der Waals surface area contributed by atoms with E-state index in [1.165, 1.54) is 5.69 Å². The zero-order chi connectivity index (χ0) is 11.5. The van der Waals surface area contributed by atoms with E-state index < -0.39 is 0 Å². The van der Waals surface area contributed by atoms with E-state index in [2.05, 4.69) is 28.7 Å². The molecule has 1 aromatic heterocycles. The van der Waals surface area contributed by atoms with Crippen molar-refractivity contribution in [2.75, 3.05) is 6.54 Å². The fraction of sp³-hybridized carbons (Fsp3) is 0.667. The molecule has 4 nitrogen and oxygen atoms in total. The summed E-state index contributed by atoms with van der Waals surface area (Å²) in [6.45, 7) is 5.90. The summed E-state index contributed by atoms with van der Waals surface area (Å²) in [5.74, 6) is 0.835. The van der Waals surface area contributed by atoms with Crippen molar-refractivity contribution in [2.45, 2.75) is 33.2 Å². The third-order valence-electron chi connectivity index (χ3n) is 3.03. The third-order valence-corrected chi connectivity index (χ3v) is 3.03. The molecule has 0 spiro atoms. The Balaban J connectivity index is 1.90. The van der Waals surface area contributed by atoms with Gasteiger partial charge in [-0.3, -0.25) is 4.79 Å². The van der Waals surface area contributed by atoms with Crippen molar-refractivity contribution in [1.82, 2.24) is 14.9 Å². The molecule has 0 fully saturated rings. The lowest BCUT2D eigenvalue weighted by atomic mass is 9.95. The van der Waals surface area contributed by atoms with Gasteiger partial charge in [-0.2, -0.15) is 0 Å². The molecule has 0 aromatic carbocycles. The van der Waals surface area contributed by atoms with E-state index in [0.29, 0.717) is 5.92 Å². The molecular formula is C12H19N3O. The molecule has 1 aliphatic heterocycles. The highest BCUT2D eigenvalue weighted by Crippen LogP contribution is 2.19. The Morgan fingerprint density at radius 2 is 2.50 bits per heavy atom. The monoisotopic (exact) mass is 221 g/mol. The van der Waals surface area contributed by atoms with Crippen LogP contribution in [0.1, 0.15) is 26.0 Å². The fourth-order valence-corrected chi connectivity index (χ4v) is 2.04. The summed E-state index contributed by atoms with van der Waals surface area (Å²) >= 11 is 0. The van der Waals surface area contributed by atoms with Crippen molar-refractivity contribution in [3.8, 4) is 0 Å². The van der Waals surface area contributed by atoms with Gasteiger partial charge in [-0.15, -0.1) is 0 Å². The number of rotatable bonds is 3. The Morgan fingerprint density at radius 3 is 3.25 bits per heavy atom. The number of hydrogen-bond donors (Lipinski definition) is 1. The normalized spacial score (nSPS) is 19.6. The van der Waals surface area contributed by atoms with Gasteiger partial charge in [0.05, 0.1) is 6.33 Å². The van der Waals surface area contributed by atoms with Gasteiger partial charge in [0.2, 0.25) is 5.91 Å². The standard InChI is InChI=1S/C12H19N3O/c1-9(2)6-14-12(16)10-3-4-15-8-13-7-11(15)5-10/h7-10H,3-6H2,1-2H3,(H,14,16). The van der Waals surface area contributed by atoms with E-state index in [1.54, 1.807) is 0 Å². The third kappa shape index (κ3) is 2.43. The van der Waals surface area contributed by atoms with Gasteiger partial charge in [0.1, 0.15) is 0 Å². The average Bonchev–Trinajstić information content (AvgIpc) is 2.72. The van der Waals surface area contributed by atoms with Crippen LogP contribution in [0.5, 0.6) is 0 Å². The summed E-state index contributed by atoms with van der Waals surface area (Å²) in [6.07, 6.45) is 5.46. The number of carbonyl (C=O) groups excluding carboxylic acids is 1. The molecule has 1 aromatic rings. The number of nitrogens with zero attached hydrogens (tertiary/aromatic N) is 2. The van der Waals surface area contributed by atoms with Crippen molar-refractivity contribution in [2.24, 2.45) is 11.8 Å². The number of carbonyl (C=O) groups is 1. The molecule has 2 heterocycles. The number of hydrogen-bond acceptors (Lipinski definition) is 2. The van der Waals surface area contributed by atoms with Gasteiger partial charge < -0.3 is 9.88 Å². The van der Waals surface area contributed by atoms with Crippen LogP contribution >= 0.6 is 0 Å². The molecule has 0 aliphatic carbocycles. The van der Waals surface area contributed by atoms with Gasteiger partial charge in [0.25, 0.3) is 0 Å².